The second-order valence-corrected chi connectivity index (χ2v) is 3.91. The van der Waals surface area contributed by atoms with Crippen molar-refractivity contribution in [2.24, 2.45) is 0 Å². The van der Waals surface area contributed by atoms with Crippen LogP contribution in [0.4, 0.5) is 10.1 Å². The minimum Gasteiger partial charge on any atom is -0.481 e. The van der Waals surface area contributed by atoms with E-state index in [1.54, 1.807) is 0 Å². The van der Waals surface area contributed by atoms with Crippen LogP contribution in [0.15, 0.2) is 18.2 Å². The molecule has 0 aromatic heterocycles. The maximum atomic E-state index is 13.5. The second kappa shape index (κ2) is 5.09. The first-order chi connectivity index (χ1) is 8.18. The molecule has 1 N–H and O–H groups in total. The summed E-state index contributed by atoms with van der Waals surface area (Å²) in [6, 6.07) is 3.73. The Balaban J connectivity index is 2.21. The molecule has 0 amide bonds. The molecular formula is C11H13FN2O3. The summed E-state index contributed by atoms with van der Waals surface area (Å²) < 4.78 is 18.9. The van der Waals surface area contributed by atoms with Crippen molar-refractivity contribution in [3.63, 3.8) is 0 Å². The zero-order chi connectivity index (χ0) is 12.3. The SMILES string of the molecule is O=[N+]([O-])c1cccc(F)c1OC1CCNCC1. The summed E-state index contributed by atoms with van der Waals surface area (Å²) in [6.45, 7) is 1.57. The number of nitrogens with one attached hydrogen (secondary N) is 1. The van der Waals surface area contributed by atoms with Crippen LogP contribution >= 0.6 is 0 Å². The van der Waals surface area contributed by atoms with Crippen LogP contribution in [0.2, 0.25) is 0 Å². The Bertz CT molecular complexity index is 419. The summed E-state index contributed by atoms with van der Waals surface area (Å²) in [6.07, 6.45) is 1.30. The van der Waals surface area contributed by atoms with E-state index in [4.69, 9.17) is 4.74 Å². The van der Waals surface area contributed by atoms with E-state index >= 15 is 0 Å². The highest BCUT2D eigenvalue weighted by atomic mass is 19.1. The predicted molar refractivity (Wildman–Crippen MR) is 59.6 cm³/mol. The standard InChI is InChI=1S/C11H13FN2O3/c12-9-2-1-3-10(14(15)16)11(9)17-8-4-6-13-7-5-8/h1-3,8,13H,4-7H2. The fourth-order valence-electron chi connectivity index (χ4n) is 1.84. The number of rotatable bonds is 3. The summed E-state index contributed by atoms with van der Waals surface area (Å²) in [5, 5.41) is 13.9. The molecule has 1 fully saturated rings. The van der Waals surface area contributed by atoms with E-state index in [1.807, 2.05) is 0 Å². The Labute approximate surface area is 97.7 Å². The second-order valence-electron chi connectivity index (χ2n) is 3.91. The highest BCUT2D eigenvalue weighted by Gasteiger charge is 2.23. The van der Waals surface area contributed by atoms with Crippen molar-refractivity contribution < 1.29 is 14.1 Å². The van der Waals surface area contributed by atoms with Gasteiger partial charge in [-0.15, -0.1) is 0 Å². The Hall–Kier alpha value is -1.69. The van der Waals surface area contributed by atoms with Crippen LogP contribution in [0.1, 0.15) is 12.8 Å². The smallest absolute Gasteiger partial charge is 0.314 e. The van der Waals surface area contributed by atoms with Gasteiger partial charge >= 0.3 is 5.69 Å². The molecule has 1 aromatic rings. The normalized spacial score (nSPS) is 16.8. The van der Waals surface area contributed by atoms with Crippen LogP contribution in [0.3, 0.4) is 0 Å². The average molecular weight is 240 g/mol. The van der Waals surface area contributed by atoms with Crippen LogP contribution < -0.4 is 10.1 Å². The predicted octanol–water partition coefficient (Wildman–Crippen LogP) is 1.86. The van der Waals surface area contributed by atoms with Crippen LogP contribution in [0.25, 0.3) is 0 Å². The molecule has 2 rings (SSSR count). The average Bonchev–Trinajstić information content (AvgIpc) is 2.33. The highest BCUT2D eigenvalue weighted by Crippen LogP contribution is 2.31. The van der Waals surface area contributed by atoms with Crippen LogP contribution in [0, 0.1) is 15.9 Å². The van der Waals surface area contributed by atoms with Gasteiger partial charge in [0.15, 0.2) is 5.82 Å². The van der Waals surface area contributed by atoms with Gasteiger partial charge in [-0.25, -0.2) is 4.39 Å². The molecule has 1 aliphatic rings. The maximum absolute atomic E-state index is 13.5. The largest absolute Gasteiger partial charge is 0.481 e. The van der Waals surface area contributed by atoms with Gasteiger partial charge in [0.25, 0.3) is 0 Å². The monoisotopic (exact) mass is 240 g/mol. The fraction of sp³-hybridized carbons (Fsp3) is 0.455. The number of halogens is 1. The molecule has 92 valence electrons. The molecule has 0 bridgehead atoms. The van der Waals surface area contributed by atoms with Crippen molar-refractivity contribution in [1.82, 2.24) is 5.32 Å². The third kappa shape index (κ3) is 2.71. The van der Waals surface area contributed by atoms with Gasteiger partial charge in [0.2, 0.25) is 5.75 Å². The Kier molecular flexibility index (Phi) is 3.53. The number of para-hydroxylation sites is 1. The molecule has 6 heteroatoms. The Morgan fingerprint density at radius 1 is 1.41 bits per heavy atom. The summed E-state index contributed by atoms with van der Waals surface area (Å²) in [7, 11) is 0. The van der Waals surface area contributed by atoms with Gasteiger partial charge < -0.3 is 10.1 Å². The maximum Gasteiger partial charge on any atom is 0.314 e. The number of benzene rings is 1. The quantitative estimate of drug-likeness (QED) is 0.647. The van der Waals surface area contributed by atoms with Crippen LogP contribution in [-0.2, 0) is 0 Å². The number of piperidine rings is 1. The molecule has 5 nitrogen and oxygen atoms in total. The van der Waals surface area contributed by atoms with E-state index in [1.165, 1.54) is 18.2 Å². The van der Waals surface area contributed by atoms with E-state index in [0.29, 0.717) is 0 Å². The van der Waals surface area contributed by atoms with Crippen LogP contribution in [-0.4, -0.2) is 24.1 Å². The van der Waals surface area contributed by atoms with E-state index in [-0.39, 0.29) is 17.5 Å². The molecular weight excluding hydrogens is 227 g/mol. The highest BCUT2D eigenvalue weighted by molar-refractivity contribution is 5.47. The van der Waals surface area contributed by atoms with Crippen molar-refractivity contribution in [1.29, 1.82) is 0 Å². The zero-order valence-electron chi connectivity index (χ0n) is 9.19. The molecule has 1 heterocycles. The third-order valence-corrected chi connectivity index (χ3v) is 2.71. The van der Waals surface area contributed by atoms with Crippen molar-refractivity contribution in [3.05, 3.63) is 34.1 Å². The van der Waals surface area contributed by atoms with Gasteiger partial charge in [-0.2, -0.15) is 0 Å². The first kappa shape index (κ1) is 11.8. The van der Waals surface area contributed by atoms with E-state index < -0.39 is 10.7 Å². The number of hydrogen-bond acceptors (Lipinski definition) is 4. The summed E-state index contributed by atoms with van der Waals surface area (Å²) in [4.78, 5) is 10.1. The van der Waals surface area contributed by atoms with Crippen molar-refractivity contribution in [2.75, 3.05) is 13.1 Å². The molecule has 1 aliphatic heterocycles. The van der Waals surface area contributed by atoms with Gasteiger partial charge in [-0.1, -0.05) is 6.07 Å². The van der Waals surface area contributed by atoms with Crippen molar-refractivity contribution in [2.45, 2.75) is 18.9 Å². The zero-order valence-corrected chi connectivity index (χ0v) is 9.19. The van der Waals surface area contributed by atoms with Gasteiger partial charge in [-0.05, 0) is 32.0 Å². The Morgan fingerprint density at radius 3 is 2.76 bits per heavy atom. The van der Waals surface area contributed by atoms with Gasteiger partial charge in [0.1, 0.15) is 6.10 Å². The first-order valence-electron chi connectivity index (χ1n) is 5.49. The van der Waals surface area contributed by atoms with Gasteiger partial charge in [0, 0.05) is 6.07 Å². The summed E-state index contributed by atoms with van der Waals surface area (Å²) in [5.74, 6) is -0.929. The third-order valence-electron chi connectivity index (χ3n) is 2.71. The number of nitro groups is 1. The van der Waals surface area contributed by atoms with Crippen LogP contribution in [0.5, 0.6) is 5.75 Å². The number of hydrogen-bond donors (Lipinski definition) is 1. The fourth-order valence-corrected chi connectivity index (χ4v) is 1.84. The van der Waals surface area contributed by atoms with E-state index in [2.05, 4.69) is 5.32 Å². The summed E-state index contributed by atoms with van der Waals surface area (Å²) in [5.41, 5.74) is -0.316. The molecule has 0 radical (unpaired) electrons. The molecule has 1 aromatic carbocycles. The topological polar surface area (TPSA) is 64.4 Å². The molecule has 0 spiro atoms. The van der Waals surface area contributed by atoms with E-state index in [9.17, 15) is 14.5 Å². The van der Waals surface area contributed by atoms with Gasteiger partial charge in [-0.3, -0.25) is 10.1 Å². The minimum absolute atomic E-state index is 0.160. The summed E-state index contributed by atoms with van der Waals surface area (Å²) >= 11 is 0. The molecule has 0 aliphatic carbocycles. The molecule has 0 saturated carbocycles. The van der Waals surface area contributed by atoms with Crippen molar-refractivity contribution in [3.8, 4) is 5.75 Å². The van der Waals surface area contributed by atoms with E-state index in [0.717, 1.165) is 25.9 Å². The first-order valence-corrected chi connectivity index (χ1v) is 5.49. The lowest BCUT2D eigenvalue weighted by atomic mass is 10.1. The lowest BCUT2D eigenvalue weighted by Gasteiger charge is -2.23. The molecule has 17 heavy (non-hydrogen) atoms. The molecule has 0 unspecified atom stereocenters. The van der Waals surface area contributed by atoms with Gasteiger partial charge in [0.05, 0.1) is 4.92 Å². The lowest BCUT2D eigenvalue weighted by Crippen LogP contribution is -2.34. The Morgan fingerprint density at radius 2 is 2.12 bits per heavy atom. The molecule has 1 saturated heterocycles. The number of ether oxygens (including phenoxy) is 1. The number of nitrogens with zero attached hydrogens (tertiary/aromatic N) is 1. The minimum atomic E-state index is -0.683. The van der Waals surface area contributed by atoms with Crippen molar-refractivity contribution >= 4 is 5.69 Å². The molecule has 0 atom stereocenters. The lowest BCUT2D eigenvalue weighted by molar-refractivity contribution is -0.386. The number of nitro benzene ring substituents is 1.